The lowest BCUT2D eigenvalue weighted by Crippen LogP contribution is -2.33. The number of anilines is 2. The summed E-state index contributed by atoms with van der Waals surface area (Å²) < 4.78 is 0. The van der Waals surface area contributed by atoms with Gasteiger partial charge in [-0.15, -0.1) is 0 Å². The van der Waals surface area contributed by atoms with Crippen molar-refractivity contribution < 1.29 is 4.79 Å². The highest BCUT2D eigenvalue weighted by atomic mass is 16.2. The number of carbonyl (C=O) groups is 1. The minimum absolute atomic E-state index is 0.0744. The van der Waals surface area contributed by atoms with Crippen LogP contribution in [0.5, 0.6) is 0 Å². The SMILES string of the molecule is CC1CC1CN(C)C(=O)Nc1cccc(N)c1. The van der Waals surface area contributed by atoms with Crippen LogP contribution in [0.4, 0.5) is 16.2 Å². The van der Waals surface area contributed by atoms with Crippen LogP contribution in [0.1, 0.15) is 13.3 Å². The van der Waals surface area contributed by atoms with Crippen molar-refractivity contribution in [2.24, 2.45) is 11.8 Å². The van der Waals surface area contributed by atoms with E-state index in [-0.39, 0.29) is 6.03 Å². The van der Waals surface area contributed by atoms with Crippen molar-refractivity contribution in [2.75, 3.05) is 24.6 Å². The Labute approximate surface area is 102 Å². The van der Waals surface area contributed by atoms with E-state index in [1.807, 2.05) is 19.2 Å². The molecule has 2 rings (SSSR count). The molecule has 1 aliphatic carbocycles. The second-order valence-corrected chi connectivity index (χ2v) is 4.91. The molecule has 0 aromatic heterocycles. The number of urea groups is 1. The molecule has 0 spiro atoms. The van der Waals surface area contributed by atoms with Gasteiger partial charge in [-0.1, -0.05) is 13.0 Å². The zero-order valence-corrected chi connectivity index (χ0v) is 10.3. The second kappa shape index (κ2) is 4.65. The van der Waals surface area contributed by atoms with Gasteiger partial charge in [0.1, 0.15) is 0 Å². The molecule has 0 radical (unpaired) electrons. The number of hydrogen-bond acceptors (Lipinski definition) is 2. The number of nitrogens with zero attached hydrogens (tertiary/aromatic N) is 1. The van der Waals surface area contributed by atoms with E-state index in [1.165, 1.54) is 6.42 Å². The summed E-state index contributed by atoms with van der Waals surface area (Å²) in [5.74, 6) is 1.43. The molecule has 1 aromatic carbocycles. The monoisotopic (exact) mass is 233 g/mol. The van der Waals surface area contributed by atoms with E-state index in [0.29, 0.717) is 11.6 Å². The topological polar surface area (TPSA) is 58.4 Å². The van der Waals surface area contributed by atoms with Crippen LogP contribution in [-0.2, 0) is 0 Å². The molecule has 0 heterocycles. The summed E-state index contributed by atoms with van der Waals surface area (Å²) in [4.78, 5) is 13.6. The summed E-state index contributed by atoms with van der Waals surface area (Å²) in [6, 6.07) is 7.14. The molecule has 2 unspecified atom stereocenters. The number of benzene rings is 1. The minimum atomic E-state index is -0.0744. The van der Waals surface area contributed by atoms with Crippen molar-refractivity contribution in [3.63, 3.8) is 0 Å². The number of nitrogens with two attached hydrogens (primary N) is 1. The van der Waals surface area contributed by atoms with Gasteiger partial charge in [0.2, 0.25) is 0 Å². The highest BCUT2D eigenvalue weighted by Gasteiger charge is 2.34. The molecule has 1 aliphatic rings. The third-order valence-electron chi connectivity index (χ3n) is 3.27. The van der Waals surface area contributed by atoms with E-state index >= 15 is 0 Å². The van der Waals surface area contributed by atoms with Gasteiger partial charge in [0, 0.05) is 25.0 Å². The number of amides is 2. The summed E-state index contributed by atoms with van der Waals surface area (Å²) in [6.07, 6.45) is 1.23. The van der Waals surface area contributed by atoms with Crippen LogP contribution in [0.2, 0.25) is 0 Å². The fraction of sp³-hybridized carbons (Fsp3) is 0.462. The van der Waals surface area contributed by atoms with Crippen molar-refractivity contribution in [3.8, 4) is 0 Å². The van der Waals surface area contributed by atoms with Gasteiger partial charge in [-0.05, 0) is 36.5 Å². The molecule has 0 bridgehead atoms. The van der Waals surface area contributed by atoms with Crippen molar-refractivity contribution in [3.05, 3.63) is 24.3 Å². The molecule has 2 atom stereocenters. The summed E-state index contributed by atoms with van der Waals surface area (Å²) in [6.45, 7) is 3.05. The van der Waals surface area contributed by atoms with Crippen molar-refractivity contribution >= 4 is 17.4 Å². The highest BCUT2D eigenvalue weighted by molar-refractivity contribution is 5.89. The van der Waals surface area contributed by atoms with Gasteiger partial charge in [-0.25, -0.2) is 4.79 Å². The van der Waals surface area contributed by atoms with E-state index in [9.17, 15) is 4.79 Å². The fourth-order valence-corrected chi connectivity index (χ4v) is 1.92. The molecule has 0 aliphatic heterocycles. The van der Waals surface area contributed by atoms with Crippen molar-refractivity contribution in [1.29, 1.82) is 0 Å². The van der Waals surface area contributed by atoms with Crippen molar-refractivity contribution in [2.45, 2.75) is 13.3 Å². The molecule has 4 nitrogen and oxygen atoms in total. The predicted octanol–water partition coefficient (Wildman–Crippen LogP) is 2.39. The normalized spacial score (nSPS) is 22.0. The number of hydrogen-bond donors (Lipinski definition) is 2. The van der Waals surface area contributed by atoms with Gasteiger partial charge in [0.15, 0.2) is 0 Å². The zero-order valence-electron chi connectivity index (χ0n) is 10.3. The van der Waals surface area contributed by atoms with Crippen LogP contribution < -0.4 is 11.1 Å². The van der Waals surface area contributed by atoms with Gasteiger partial charge in [0.25, 0.3) is 0 Å². The van der Waals surface area contributed by atoms with Gasteiger partial charge >= 0.3 is 6.03 Å². The van der Waals surface area contributed by atoms with Gasteiger partial charge in [0.05, 0.1) is 0 Å². The van der Waals surface area contributed by atoms with E-state index < -0.39 is 0 Å². The summed E-state index contributed by atoms with van der Waals surface area (Å²) in [5.41, 5.74) is 7.05. The molecule has 3 N–H and O–H groups in total. The molecule has 17 heavy (non-hydrogen) atoms. The first-order valence-corrected chi connectivity index (χ1v) is 5.94. The molecule has 2 amide bonds. The summed E-state index contributed by atoms with van der Waals surface area (Å²) in [7, 11) is 1.83. The van der Waals surface area contributed by atoms with Gasteiger partial charge < -0.3 is 16.0 Å². The lowest BCUT2D eigenvalue weighted by atomic mass is 10.3. The lowest BCUT2D eigenvalue weighted by molar-refractivity contribution is 0.220. The highest BCUT2D eigenvalue weighted by Crippen LogP contribution is 2.37. The second-order valence-electron chi connectivity index (χ2n) is 4.91. The molecule has 4 heteroatoms. The summed E-state index contributed by atoms with van der Waals surface area (Å²) in [5, 5.41) is 2.84. The van der Waals surface area contributed by atoms with Crippen LogP contribution in [0.25, 0.3) is 0 Å². The molecule has 0 saturated heterocycles. The number of rotatable bonds is 3. The Morgan fingerprint density at radius 3 is 2.88 bits per heavy atom. The Bertz CT molecular complexity index is 419. The maximum absolute atomic E-state index is 11.9. The van der Waals surface area contributed by atoms with Crippen LogP contribution in [0, 0.1) is 11.8 Å². The van der Waals surface area contributed by atoms with E-state index in [0.717, 1.165) is 18.2 Å². The minimum Gasteiger partial charge on any atom is -0.399 e. The summed E-state index contributed by atoms with van der Waals surface area (Å²) >= 11 is 0. The van der Waals surface area contributed by atoms with Crippen LogP contribution in [-0.4, -0.2) is 24.5 Å². The largest absolute Gasteiger partial charge is 0.399 e. The lowest BCUT2D eigenvalue weighted by Gasteiger charge is -2.18. The third kappa shape index (κ3) is 3.12. The Morgan fingerprint density at radius 1 is 1.59 bits per heavy atom. The standard InChI is InChI=1S/C13H19N3O/c1-9-6-10(9)8-16(2)13(17)15-12-5-3-4-11(14)7-12/h3-5,7,9-10H,6,8,14H2,1-2H3,(H,15,17). The molecular formula is C13H19N3O. The van der Waals surface area contributed by atoms with Gasteiger partial charge in [-0.2, -0.15) is 0 Å². The Balaban J connectivity index is 1.87. The zero-order chi connectivity index (χ0) is 12.4. The smallest absolute Gasteiger partial charge is 0.321 e. The fourth-order valence-electron chi connectivity index (χ4n) is 1.92. The maximum atomic E-state index is 11.9. The third-order valence-corrected chi connectivity index (χ3v) is 3.27. The number of nitrogens with one attached hydrogen (secondary N) is 1. The maximum Gasteiger partial charge on any atom is 0.321 e. The van der Waals surface area contributed by atoms with Crippen LogP contribution in [0.3, 0.4) is 0 Å². The van der Waals surface area contributed by atoms with Crippen molar-refractivity contribution in [1.82, 2.24) is 4.90 Å². The quantitative estimate of drug-likeness (QED) is 0.787. The van der Waals surface area contributed by atoms with Crippen LogP contribution in [0.15, 0.2) is 24.3 Å². The molecule has 92 valence electrons. The van der Waals surface area contributed by atoms with E-state index in [1.54, 1.807) is 17.0 Å². The average Bonchev–Trinajstić information content (AvgIpc) is 2.94. The van der Waals surface area contributed by atoms with E-state index in [2.05, 4.69) is 12.2 Å². The van der Waals surface area contributed by atoms with E-state index in [4.69, 9.17) is 5.73 Å². The first-order valence-electron chi connectivity index (χ1n) is 5.94. The first kappa shape index (κ1) is 11.8. The Kier molecular flexibility index (Phi) is 3.22. The molecule has 1 fully saturated rings. The average molecular weight is 233 g/mol. The Hall–Kier alpha value is -1.71. The first-order chi connectivity index (χ1) is 8.06. The molecular weight excluding hydrogens is 214 g/mol. The van der Waals surface area contributed by atoms with Crippen LogP contribution >= 0.6 is 0 Å². The number of nitrogen functional groups attached to an aromatic ring is 1. The molecule has 1 aromatic rings. The van der Waals surface area contributed by atoms with Gasteiger partial charge in [-0.3, -0.25) is 0 Å². The molecule has 1 saturated carbocycles. The number of carbonyl (C=O) groups excluding carboxylic acids is 1. The predicted molar refractivity (Wildman–Crippen MR) is 69.8 cm³/mol. The Morgan fingerprint density at radius 2 is 2.29 bits per heavy atom.